The van der Waals surface area contributed by atoms with Crippen molar-refractivity contribution in [2.75, 3.05) is 11.5 Å². The number of rotatable bonds is 4. The van der Waals surface area contributed by atoms with E-state index in [2.05, 4.69) is 0 Å². The minimum Gasteiger partial charge on any atom is -0.489 e. The number of hydrogen-bond donors (Lipinski definition) is 1. The monoisotopic (exact) mass is 278 g/mol. The van der Waals surface area contributed by atoms with Crippen molar-refractivity contribution in [2.45, 2.75) is 37.2 Å². The van der Waals surface area contributed by atoms with Gasteiger partial charge < -0.3 is 9.84 Å². The average molecular weight is 278 g/mol. The lowest BCUT2D eigenvalue weighted by Crippen LogP contribution is -2.33. The van der Waals surface area contributed by atoms with Crippen LogP contribution in [0.25, 0.3) is 0 Å². The molecule has 102 valence electrons. The van der Waals surface area contributed by atoms with Crippen LogP contribution in [0.2, 0.25) is 0 Å². The maximum atomic E-state index is 11.6. The number of carboxylic acid groups (broad SMARTS) is 1. The van der Waals surface area contributed by atoms with E-state index in [1.54, 1.807) is 0 Å². The van der Waals surface area contributed by atoms with Crippen molar-refractivity contribution in [2.24, 2.45) is 0 Å². The molecule has 1 aromatic rings. The van der Waals surface area contributed by atoms with Crippen molar-refractivity contribution in [3.8, 4) is 5.75 Å². The molecule has 1 aliphatic heterocycles. The van der Waals surface area contributed by atoms with E-state index in [0.717, 1.165) is 48.5 Å². The van der Waals surface area contributed by atoms with Gasteiger partial charge in [-0.25, -0.2) is 0 Å². The van der Waals surface area contributed by atoms with E-state index >= 15 is 0 Å². The fourth-order valence-electron chi connectivity index (χ4n) is 2.93. The minimum absolute atomic E-state index is 0.329. The van der Waals surface area contributed by atoms with Crippen LogP contribution in [-0.2, 0) is 10.2 Å². The molecule has 19 heavy (non-hydrogen) atoms. The third kappa shape index (κ3) is 2.34. The summed E-state index contributed by atoms with van der Waals surface area (Å²) in [6.45, 7) is 0. The molecule has 3 rings (SSSR count). The first-order valence-corrected chi connectivity index (χ1v) is 7.94. The molecule has 1 saturated heterocycles. The zero-order valence-corrected chi connectivity index (χ0v) is 11.6. The Kier molecular flexibility index (Phi) is 3.44. The third-order valence-electron chi connectivity index (χ3n) is 4.18. The van der Waals surface area contributed by atoms with E-state index in [9.17, 15) is 9.90 Å². The molecule has 0 bridgehead atoms. The van der Waals surface area contributed by atoms with Gasteiger partial charge >= 0.3 is 5.97 Å². The Labute approximate surface area is 117 Å². The Hall–Kier alpha value is -1.16. The summed E-state index contributed by atoms with van der Waals surface area (Å²) in [5, 5.41) is 9.55. The summed E-state index contributed by atoms with van der Waals surface area (Å²) in [6, 6.07) is 7.70. The molecule has 0 spiro atoms. The summed E-state index contributed by atoms with van der Waals surface area (Å²) >= 11 is 1.89. The van der Waals surface area contributed by atoms with Gasteiger partial charge in [-0.1, -0.05) is 25.0 Å². The van der Waals surface area contributed by atoms with Crippen LogP contribution in [-0.4, -0.2) is 28.7 Å². The van der Waals surface area contributed by atoms with Gasteiger partial charge in [-0.2, -0.15) is 11.8 Å². The fraction of sp³-hybridized carbons (Fsp3) is 0.533. The van der Waals surface area contributed by atoms with Gasteiger partial charge in [0.25, 0.3) is 0 Å². The second-order valence-corrected chi connectivity index (χ2v) is 6.47. The number of benzene rings is 1. The van der Waals surface area contributed by atoms with Crippen LogP contribution in [0.4, 0.5) is 0 Å². The number of carbonyl (C=O) groups is 1. The van der Waals surface area contributed by atoms with Gasteiger partial charge in [-0.15, -0.1) is 0 Å². The van der Waals surface area contributed by atoms with E-state index in [0.29, 0.717) is 6.10 Å². The molecule has 4 heteroatoms. The molecule has 0 atom stereocenters. The van der Waals surface area contributed by atoms with Gasteiger partial charge in [0.05, 0.1) is 5.41 Å². The molecule has 1 saturated carbocycles. The second-order valence-electron chi connectivity index (χ2n) is 5.40. The third-order valence-corrected chi connectivity index (χ3v) is 5.40. The van der Waals surface area contributed by atoms with Crippen molar-refractivity contribution in [3.63, 3.8) is 0 Å². The highest BCUT2D eigenvalue weighted by molar-refractivity contribution is 8.00. The summed E-state index contributed by atoms with van der Waals surface area (Å²) in [4.78, 5) is 11.6. The molecular formula is C15H18O3S. The normalized spacial score (nSPS) is 21.9. The summed E-state index contributed by atoms with van der Waals surface area (Å²) < 4.78 is 5.79. The highest BCUT2D eigenvalue weighted by Crippen LogP contribution is 2.41. The maximum absolute atomic E-state index is 11.6. The molecule has 1 N–H and O–H groups in total. The molecule has 0 amide bonds. The van der Waals surface area contributed by atoms with Crippen LogP contribution >= 0.6 is 11.8 Å². The van der Waals surface area contributed by atoms with E-state index in [1.807, 2.05) is 36.0 Å². The molecule has 0 aromatic heterocycles. The van der Waals surface area contributed by atoms with Crippen LogP contribution in [0.15, 0.2) is 24.3 Å². The van der Waals surface area contributed by atoms with Crippen molar-refractivity contribution in [1.82, 2.24) is 0 Å². The van der Waals surface area contributed by atoms with E-state index < -0.39 is 11.4 Å². The molecule has 2 fully saturated rings. The maximum Gasteiger partial charge on any atom is 0.314 e. The molecule has 1 aliphatic carbocycles. The van der Waals surface area contributed by atoms with Crippen LogP contribution in [0.3, 0.4) is 0 Å². The fourth-order valence-corrected chi connectivity index (χ4v) is 3.50. The molecule has 3 nitrogen and oxygen atoms in total. The lowest BCUT2D eigenvalue weighted by atomic mass is 9.79. The molecule has 1 aromatic carbocycles. The quantitative estimate of drug-likeness (QED) is 0.919. The predicted molar refractivity (Wildman–Crippen MR) is 76.0 cm³/mol. The molecule has 1 heterocycles. The second kappa shape index (κ2) is 5.08. The largest absolute Gasteiger partial charge is 0.489 e. The molecular weight excluding hydrogens is 260 g/mol. The van der Waals surface area contributed by atoms with E-state index in [4.69, 9.17) is 4.74 Å². The van der Waals surface area contributed by atoms with Crippen molar-refractivity contribution in [1.29, 1.82) is 0 Å². The summed E-state index contributed by atoms with van der Waals surface area (Å²) in [5.41, 5.74) is 0.262. The number of hydrogen-bond acceptors (Lipinski definition) is 3. The first-order chi connectivity index (χ1) is 9.21. The Morgan fingerprint density at radius 1 is 1.21 bits per heavy atom. The van der Waals surface area contributed by atoms with Gasteiger partial charge in [0, 0.05) is 11.5 Å². The number of ether oxygens (including phenoxy) is 1. The highest BCUT2D eigenvalue weighted by Gasteiger charge is 2.42. The predicted octanol–water partition coefficient (Wildman–Crippen LogP) is 3.08. The number of carboxylic acids is 1. The topological polar surface area (TPSA) is 46.5 Å². The first-order valence-electron chi connectivity index (χ1n) is 6.79. The average Bonchev–Trinajstić information content (AvgIpc) is 2.85. The SMILES string of the molecule is O=C(O)C1(c2ccc(OC3CSC3)cc2)CCCC1. The smallest absolute Gasteiger partial charge is 0.314 e. The van der Waals surface area contributed by atoms with Crippen LogP contribution < -0.4 is 4.74 Å². The van der Waals surface area contributed by atoms with Crippen molar-refractivity contribution in [3.05, 3.63) is 29.8 Å². The van der Waals surface area contributed by atoms with Crippen molar-refractivity contribution >= 4 is 17.7 Å². The lowest BCUT2D eigenvalue weighted by Gasteiger charge is -2.27. The molecule has 0 unspecified atom stereocenters. The summed E-state index contributed by atoms with van der Waals surface area (Å²) in [7, 11) is 0. The lowest BCUT2D eigenvalue weighted by molar-refractivity contribution is -0.143. The minimum atomic E-state index is -0.686. The Morgan fingerprint density at radius 3 is 2.32 bits per heavy atom. The Balaban J connectivity index is 1.78. The number of aliphatic carboxylic acids is 1. The summed E-state index contributed by atoms with van der Waals surface area (Å²) in [5.74, 6) is 2.28. The van der Waals surface area contributed by atoms with E-state index in [-0.39, 0.29) is 0 Å². The zero-order chi connectivity index (χ0) is 13.3. The van der Waals surface area contributed by atoms with Crippen LogP contribution in [0.1, 0.15) is 31.2 Å². The first kappa shape index (κ1) is 12.9. The number of thioether (sulfide) groups is 1. The van der Waals surface area contributed by atoms with Gasteiger partial charge in [0.1, 0.15) is 11.9 Å². The van der Waals surface area contributed by atoms with Gasteiger partial charge in [0.2, 0.25) is 0 Å². The van der Waals surface area contributed by atoms with Crippen LogP contribution in [0, 0.1) is 0 Å². The molecule has 0 radical (unpaired) electrons. The standard InChI is InChI=1S/C15H18O3S/c16-14(17)15(7-1-2-8-15)11-3-5-12(6-4-11)18-13-9-19-10-13/h3-6,13H,1-2,7-10H2,(H,16,17). The Morgan fingerprint density at radius 2 is 1.84 bits per heavy atom. The van der Waals surface area contributed by atoms with Gasteiger partial charge in [-0.05, 0) is 30.5 Å². The summed E-state index contributed by atoms with van der Waals surface area (Å²) in [6.07, 6.45) is 3.84. The molecule has 2 aliphatic rings. The Bertz CT molecular complexity index is 459. The van der Waals surface area contributed by atoms with Gasteiger partial charge in [0.15, 0.2) is 0 Å². The van der Waals surface area contributed by atoms with E-state index in [1.165, 1.54) is 0 Å². The van der Waals surface area contributed by atoms with Crippen LogP contribution in [0.5, 0.6) is 5.75 Å². The highest BCUT2D eigenvalue weighted by atomic mass is 32.2. The zero-order valence-electron chi connectivity index (χ0n) is 10.8. The van der Waals surface area contributed by atoms with Crippen molar-refractivity contribution < 1.29 is 14.6 Å². The van der Waals surface area contributed by atoms with Gasteiger partial charge in [-0.3, -0.25) is 4.79 Å².